The predicted octanol–water partition coefficient (Wildman–Crippen LogP) is 13.2. The molecule has 0 aliphatic carbocycles. The van der Waals surface area contributed by atoms with Crippen molar-refractivity contribution in [3.05, 3.63) is 127 Å². The summed E-state index contributed by atoms with van der Waals surface area (Å²) in [7, 11) is -2.72. The number of esters is 1. The van der Waals surface area contributed by atoms with Crippen LogP contribution in [0.3, 0.4) is 0 Å². The van der Waals surface area contributed by atoms with Crippen LogP contribution in [-0.2, 0) is 28.7 Å². The molecule has 2 heterocycles. The number of hydrogen-bond donors (Lipinski definition) is 2. The summed E-state index contributed by atoms with van der Waals surface area (Å²) in [5.41, 5.74) is 0.981. The molecule has 0 aromatic heterocycles. The molecule has 9 nitrogen and oxygen atoms in total. The van der Waals surface area contributed by atoms with Gasteiger partial charge in [-0.15, -0.1) is 23.6 Å². The smallest absolute Gasteiger partial charge is 0.322 e. The number of sulfonamides is 1. The molecule has 2 aliphatic heterocycles. The maximum absolute atomic E-state index is 13.3. The fourth-order valence-electron chi connectivity index (χ4n) is 11.3. The van der Waals surface area contributed by atoms with Gasteiger partial charge in [0.05, 0.1) is 17.1 Å². The van der Waals surface area contributed by atoms with Gasteiger partial charge in [-0.1, -0.05) is 200 Å². The Morgan fingerprint density at radius 1 is 0.705 bits per heavy atom. The van der Waals surface area contributed by atoms with Gasteiger partial charge in [0.15, 0.2) is 0 Å². The SMILES string of the molecule is C[C@H]1CC(CCCCCCCCCCC#C[C@@H](O[Si](c2ccccc2)(c2ccccc2)C(C)(C)C)[C@H]2CC[C@H]([C@H](O)C#CCCCCCCCNS(=O)(=O)c3cccc4c(N(C)C)cccc34)O2)(Sc2ccccc2)C(=O)O1. The lowest BCUT2D eigenvalue weighted by molar-refractivity contribution is -0.142. The maximum Gasteiger partial charge on any atom is 0.322 e. The summed E-state index contributed by atoms with van der Waals surface area (Å²) in [6.07, 6.45) is 15.8. The Morgan fingerprint density at radius 3 is 1.83 bits per heavy atom. The van der Waals surface area contributed by atoms with Gasteiger partial charge in [-0.05, 0) is 85.1 Å². The Bertz CT molecular complexity index is 2850. The molecule has 0 spiro atoms. The summed E-state index contributed by atoms with van der Waals surface area (Å²) in [5, 5.41) is 15.1. The number of fused-ring (bicyclic) bond motifs is 1. The van der Waals surface area contributed by atoms with Crippen molar-refractivity contribution in [3.63, 3.8) is 0 Å². The number of aliphatic hydroxyl groups is 1. The highest BCUT2D eigenvalue weighted by Crippen LogP contribution is 2.46. The fourth-order valence-corrected chi connectivity index (χ4v) is 18.7. The van der Waals surface area contributed by atoms with E-state index in [1.807, 2.05) is 68.4 Å². The van der Waals surface area contributed by atoms with Crippen molar-refractivity contribution in [1.82, 2.24) is 4.72 Å². The van der Waals surface area contributed by atoms with E-state index in [0.29, 0.717) is 30.7 Å². The lowest BCUT2D eigenvalue weighted by Crippen LogP contribution is -2.68. The summed E-state index contributed by atoms with van der Waals surface area (Å²) in [5.74, 6) is 13.5. The second kappa shape index (κ2) is 29.5. The molecule has 1 unspecified atom stereocenters. The summed E-state index contributed by atoms with van der Waals surface area (Å²) >= 11 is 1.68. The number of unbranched alkanes of at least 4 members (excludes halogenated alkanes) is 13. The van der Waals surface area contributed by atoms with Crippen molar-refractivity contribution in [1.29, 1.82) is 0 Å². The number of carbonyl (C=O) groups excluding carboxylic acids is 1. The van der Waals surface area contributed by atoms with Crippen LogP contribution in [0, 0.1) is 23.7 Å². The topological polar surface area (TPSA) is 114 Å². The number of rotatable bonds is 28. The van der Waals surface area contributed by atoms with Crippen LogP contribution in [0.4, 0.5) is 5.69 Å². The van der Waals surface area contributed by atoms with Gasteiger partial charge in [0, 0.05) is 61.3 Å². The number of anilines is 1. The third kappa shape index (κ3) is 16.4. The normalized spacial score (nSPS) is 19.4. The number of thioether (sulfide) groups is 1. The number of nitrogens with zero attached hydrogens (tertiary/aromatic N) is 1. The number of cyclic esters (lactones) is 1. The van der Waals surface area contributed by atoms with E-state index >= 15 is 0 Å². The third-order valence-corrected chi connectivity index (χ3v) is 23.3. The zero-order valence-electron chi connectivity index (χ0n) is 47.3. The minimum absolute atomic E-state index is 0.0346. The van der Waals surface area contributed by atoms with Crippen LogP contribution in [0.1, 0.15) is 150 Å². The van der Waals surface area contributed by atoms with E-state index in [0.717, 1.165) is 98.4 Å². The molecule has 78 heavy (non-hydrogen) atoms. The molecule has 2 saturated heterocycles. The predicted molar refractivity (Wildman–Crippen MR) is 324 cm³/mol. The Hall–Kier alpha value is -4.89. The van der Waals surface area contributed by atoms with Gasteiger partial charge >= 0.3 is 5.97 Å². The number of ether oxygens (including phenoxy) is 2. The highest BCUT2D eigenvalue weighted by Gasteiger charge is 2.53. The standard InChI is InChI=1S/C66H86N2O7S2Si/c1-52-51-66(64(70)73-52,76-53-35-23-20-24-36-53)49-31-18-14-10-8-7-9-13-17-30-45-62(75-78(65(2,3)4,54-37-25-21-26-38-54)55-39-27-22-28-40-55)61-48-47-60(74-61)59(69)44-29-16-12-11-15-19-32-50-67-77(71,72)63-46-34-41-56-57(63)42-33-43-58(56)68(5)6/h20-28,33-43,46,52,59-62,67,69H,7-19,31-32,47-51H2,1-6H3/t52-,59+,60+,61+,62+,66?/m0/s1. The van der Waals surface area contributed by atoms with Crippen LogP contribution in [0.25, 0.3) is 10.8 Å². The number of carbonyl (C=O) groups is 1. The first-order valence-electron chi connectivity index (χ1n) is 28.9. The minimum Gasteiger partial charge on any atom is -0.462 e. The molecular weight excluding hydrogens is 1020 g/mol. The summed E-state index contributed by atoms with van der Waals surface area (Å²) in [4.78, 5) is 16.5. The molecule has 0 radical (unpaired) electrons. The summed E-state index contributed by atoms with van der Waals surface area (Å²) < 4.78 is 49.0. The highest BCUT2D eigenvalue weighted by atomic mass is 32.2. The molecule has 0 saturated carbocycles. The molecule has 2 N–H and O–H groups in total. The van der Waals surface area contributed by atoms with Crippen molar-refractivity contribution < 1.29 is 32.2 Å². The van der Waals surface area contributed by atoms with Crippen LogP contribution >= 0.6 is 11.8 Å². The highest BCUT2D eigenvalue weighted by molar-refractivity contribution is 8.01. The molecule has 12 heteroatoms. The van der Waals surface area contributed by atoms with Crippen LogP contribution in [0.15, 0.2) is 137 Å². The number of benzene rings is 5. The first kappa shape index (κ1) is 60.7. The monoisotopic (exact) mass is 1110 g/mol. The van der Waals surface area contributed by atoms with Crippen LogP contribution in [0.2, 0.25) is 5.04 Å². The van der Waals surface area contributed by atoms with E-state index in [-0.39, 0.29) is 23.2 Å². The maximum atomic E-state index is 13.3. The lowest BCUT2D eigenvalue weighted by Gasteiger charge is -2.45. The Kier molecular flexibility index (Phi) is 23.0. The summed E-state index contributed by atoms with van der Waals surface area (Å²) in [6, 6.07) is 42.8. The van der Waals surface area contributed by atoms with E-state index in [1.165, 1.54) is 36.1 Å². The molecule has 6 atom stereocenters. The largest absolute Gasteiger partial charge is 0.462 e. The van der Waals surface area contributed by atoms with Crippen LogP contribution in [0.5, 0.6) is 0 Å². The van der Waals surface area contributed by atoms with Gasteiger partial charge in [0.25, 0.3) is 8.32 Å². The van der Waals surface area contributed by atoms with Gasteiger partial charge in [-0.2, -0.15) is 0 Å². The molecule has 5 aromatic carbocycles. The van der Waals surface area contributed by atoms with E-state index in [2.05, 4.69) is 122 Å². The first-order valence-corrected chi connectivity index (χ1v) is 33.1. The Morgan fingerprint density at radius 2 is 1.24 bits per heavy atom. The van der Waals surface area contributed by atoms with E-state index < -0.39 is 41.4 Å². The average Bonchev–Trinajstić information content (AvgIpc) is 4.11. The molecule has 7 rings (SSSR count). The fraction of sp³-hybridized carbons (Fsp3) is 0.500. The van der Waals surface area contributed by atoms with Gasteiger partial charge in [0.1, 0.15) is 23.1 Å². The quantitative estimate of drug-likeness (QED) is 0.0219. The zero-order valence-corrected chi connectivity index (χ0v) is 49.9. The number of hydrogen-bond acceptors (Lipinski definition) is 9. The second-order valence-corrected chi connectivity index (χ2v) is 30.1. The minimum atomic E-state index is -3.66. The van der Waals surface area contributed by atoms with Crippen LogP contribution < -0.4 is 20.0 Å². The molecule has 0 bridgehead atoms. The second-order valence-electron chi connectivity index (χ2n) is 22.7. The van der Waals surface area contributed by atoms with Gasteiger partial charge in [0.2, 0.25) is 10.0 Å². The number of nitrogens with one attached hydrogen (secondary N) is 1. The molecule has 2 aliphatic rings. The Labute approximate surface area is 473 Å². The van der Waals surface area contributed by atoms with Gasteiger partial charge in [-0.3, -0.25) is 4.79 Å². The zero-order chi connectivity index (χ0) is 55.4. The van der Waals surface area contributed by atoms with E-state index in [4.69, 9.17) is 13.9 Å². The summed E-state index contributed by atoms with van der Waals surface area (Å²) in [6.45, 7) is 9.25. The molecular formula is C66H86N2O7S2Si. The van der Waals surface area contributed by atoms with E-state index in [9.17, 15) is 18.3 Å². The molecule has 0 amide bonds. The van der Waals surface area contributed by atoms with Crippen molar-refractivity contribution in [2.75, 3.05) is 25.5 Å². The average molecular weight is 1110 g/mol. The third-order valence-electron chi connectivity index (χ3n) is 15.4. The molecule has 2 fully saturated rings. The number of aliphatic hydroxyl groups excluding tert-OH is 1. The lowest BCUT2D eigenvalue weighted by atomic mass is 9.96. The van der Waals surface area contributed by atoms with Crippen LogP contribution in [-0.4, -0.2) is 83.7 Å². The molecule has 418 valence electrons. The Balaban J connectivity index is 0.877. The van der Waals surface area contributed by atoms with Crippen molar-refractivity contribution in [2.24, 2.45) is 0 Å². The van der Waals surface area contributed by atoms with Gasteiger partial charge < -0.3 is 23.9 Å². The molecule has 5 aromatic rings. The van der Waals surface area contributed by atoms with Crippen molar-refractivity contribution >= 4 is 62.9 Å². The first-order chi connectivity index (χ1) is 37.6. The van der Waals surface area contributed by atoms with Crippen molar-refractivity contribution in [3.8, 4) is 23.7 Å². The van der Waals surface area contributed by atoms with Crippen molar-refractivity contribution in [2.45, 2.75) is 200 Å². The van der Waals surface area contributed by atoms with E-state index in [1.54, 1.807) is 23.9 Å². The van der Waals surface area contributed by atoms with Gasteiger partial charge in [-0.25, -0.2) is 13.1 Å².